The van der Waals surface area contributed by atoms with Crippen molar-refractivity contribution in [3.63, 3.8) is 0 Å². The van der Waals surface area contributed by atoms with Crippen LogP contribution >= 0.6 is 0 Å². The number of benzene rings is 3. The van der Waals surface area contributed by atoms with Gasteiger partial charge in [-0.15, -0.1) is 0 Å². The van der Waals surface area contributed by atoms with Gasteiger partial charge in [-0.3, -0.25) is 0 Å². The predicted octanol–water partition coefficient (Wildman–Crippen LogP) is 4.50. The first-order chi connectivity index (χ1) is 13.3. The minimum atomic E-state index is 0.0947. The first-order valence-corrected chi connectivity index (χ1v) is 9.31. The van der Waals surface area contributed by atoms with Gasteiger partial charge in [0, 0.05) is 23.9 Å². The summed E-state index contributed by atoms with van der Waals surface area (Å²) in [6.07, 6.45) is 0. The van der Waals surface area contributed by atoms with E-state index in [0.717, 1.165) is 29.3 Å². The minimum Gasteiger partial charge on any atom is -0.508 e. The molecule has 0 amide bonds. The molecule has 136 valence electrons. The fourth-order valence-corrected chi connectivity index (χ4v) is 4.16. The monoisotopic (exact) mass is 359 g/mol. The van der Waals surface area contributed by atoms with Gasteiger partial charge in [0.15, 0.2) is 0 Å². The van der Waals surface area contributed by atoms with Crippen LogP contribution in [-0.2, 0) is 0 Å². The van der Waals surface area contributed by atoms with Crippen molar-refractivity contribution in [2.75, 3.05) is 25.1 Å². The summed E-state index contributed by atoms with van der Waals surface area (Å²) >= 11 is 0. The van der Waals surface area contributed by atoms with E-state index < -0.39 is 0 Å². The number of hydrogen-bond donors (Lipinski definition) is 2. The standard InChI is InChI=1S/C23H21NO3/c25-17-7-9-21-18(13-17)23(19(14-27-21)15-4-2-1-3-5-15)16-6-8-22-20(12-16)24-10-11-26-22/h1-9,12-13,19,23-25H,10-11,14H2/t19-,23+/m1/s1. The highest BCUT2D eigenvalue weighted by Gasteiger charge is 2.34. The van der Waals surface area contributed by atoms with Crippen molar-refractivity contribution in [2.45, 2.75) is 11.8 Å². The van der Waals surface area contributed by atoms with E-state index in [4.69, 9.17) is 9.47 Å². The molecule has 2 heterocycles. The topological polar surface area (TPSA) is 50.7 Å². The Hall–Kier alpha value is -3.14. The van der Waals surface area contributed by atoms with E-state index in [-0.39, 0.29) is 17.6 Å². The van der Waals surface area contributed by atoms with E-state index in [1.807, 2.05) is 24.3 Å². The number of rotatable bonds is 2. The van der Waals surface area contributed by atoms with Crippen LogP contribution in [0.5, 0.6) is 17.2 Å². The first kappa shape index (κ1) is 16.1. The summed E-state index contributed by atoms with van der Waals surface area (Å²) in [5, 5.41) is 13.5. The lowest BCUT2D eigenvalue weighted by Crippen LogP contribution is -2.25. The van der Waals surface area contributed by atoms with Crippen LogP contribution in [0.2, 0.25) is 0 Å². The third-order valence-corrected chi connectivity index (χ3v) is 5.41. The van der Waals surface area contributed by atoms with E-state index in [9.17, 15) is 5.11 Å². The molecule has 0 bridgehead atoms. The van der Waals surface area contributed by atoms with Crippen molar-refractivity contribution in [1.82, 2.24) is 0 Å². The third kappa shape index (κ3) is 2.87. The Balaban J connectivity index is 1.66. The van der Waals surface area contributed by atoms with Gasteiger partial charge in [-0.2, -0.15) is 0 Å². The molecule has 0 saturated carbocycles. The molecule has 4 nitrogen and oxygen atoms in total. The molecule has 2 aliphatic heterocycles. The highest BCUT2D eigenvalue weighted by Crippen LogP contribution is 2.48. The van der Waals surface area contributed by atoms with Gasteiger partial charge in [0.05, 0.1) is 12.3 Å². The zero-order valence-electron chi connectivity index (χ0n) is 14.9. The van der Waals surface area contributed by atoms with Crippen LogP contribution in [0, 0.1) is 0 Å². The summed E-state index contributed by atoms with van der Waals surface area (Å²) < 4.78 is 11.8. The Kier molecular flexibility index (Phi) is 3.89. The number of aromatic hydroxyl groups is 1. The molecule has 0 fully saturated rings. The van der Waals surface area contributed by atoms with Crippen molar-refractivity contribution in [3.05, 3.63) is 83.4 Å². The predicted molar refractivity (Wildman–Crippen MR) is 105 cm³/mol. The van der Waals surface area contributed by atoms with E-state index in [1.54, 1.807) is 6.07 Å². The van der Waals surface area contributed by atoms with Crippen LogP contribution in [-0.4, -0.2) is 24.9 Å². The number of phenols is 1. The molecule has 5 rings (SSSR count). The molecule has 3 aromatic rings. The largest absolute Gasteiger partial charge is 0.508 e. The van der Waals surface area contributed by atoms with E-state index >= 15 is 0 Å². The highest BCUT2D eigenvalue weighted by atomic mass is 16.5. The fraction of sp³-hybridized carbons (Fsp3) is 0.217. The molecule has 2 aliphatic rings. The number of nitrogens with one attached hydrogen (secondary N) is 1. The van der Waals surface area contributed by atoms with Gasteiger partial charge >= 0.3 is 0 Å². The van der Waals surface area contributed by atoms with Crippen LogP contribution < -0.4 is 14.8 Å². The average molecular weight is 359 g/mol. The van der Waals surface area contributed by atoms with Gasteiger partial charge in [-0.1, -0.05) is 36.4 Å². The van der Waals surface area contributed by atoms with Gasteiger partial charge in [-0.25, -0.2) is 0 Å². The molecule has 0 aliphatic carbocycles. The van der Waals surface area contributed by atoms with Gasteiger partial charge in [0.25, 0.3) is 0 Å². The zero-order valence-corrected chi connectivity index (χ0v) is 14.9. The number of fused-ring (bicyclic) bond motifs is 2. The molecular weight excluding hydrogens is 338 g/mol. The number of hydrogen-bond acceptors (Lipinski definition) is 4. The Morgan fingerprint density at radius 1 is 0.852 bits per heavy atom. The molecule has 4 heteroatoms. The summed E-state index contributed by atoms with van der Waals surface area (Å²) in [5.74, 6) is 2.26. The first-order valence-electron chi connectivity index (χ1n) is 9.31. The van der Waals surface area contributed by atoms with Crippen LogP contribution in [0.1, 0.15) is 28.5 Å². The minimum absolute atomic E-state index is 0.0947. The summed E-state index contributed by atoms with van der Waals surface area (Å²) in [6, 6.07) is 22.2. The zero-order chi connectivity index (χ0) is 18.2. The number of ether oxygens (including phenoxy) is 2. The van der Waals surface area contributed by atoms with Crippen molar-refractivity contribution >= 4 is 5.69 Å². The van der Waals surface area contributed by atoms with Crippen molar-refractivity contribution < 1.29 is 14.6 Å². The lowest BCUT2D eigenvalue weighted by atomic mass is 9.75. The Morgan fingerprint density at radius 2 is 1.70 bits per heavy atom. The van der Waals surface area contributed by atoms with E-state index in [0.29, 0.717) is 13.2 Å². The second-order valence-corrected chi connectivity index (χ2v) is 7.06. The van der Waals surface area contributed by atoms with Crippen molar-refractivity contribution in [2.24, 2.45) is 0 Å². The molecule has 2 N–H and O–H groups in total. The van der Waals surface area contributed by atoms with Crippen LogP contribution in [0.25, 0.3) is 0 Å². The number of phenolic OH excluding ortho intramolecular Hbond substituents is 1. The molecule has 0 saturated heterocycles. The summed E-state index contributed by atoms with van der Waals surface area (Å²) in [4.78, 5) is 0. The Morgan fingerprint density at radius 3 is 2.59 bits per heavy atom. The maximum atomic E-state index is 10.1. The Labute approximate surface area is 158 Å². The summed E-state index contributed by atoms with van der Waals surface area (Å²) in [6.45, 7) is 2.10. The summed E-state index contributed by atoms with van der Waals surface area (Å²) in [5.41, 5.74) is 4.47. The second-order valence-electron chi connectivity index (χ2n) is 7.06. The van der Waals surface area contributed by atoms with Crippen molar-refractivity contribution in [3.8, 4) is 17.2 Å². The van der Waals surface area contributed by atoms with E-state index in [1.165, 1.54) is 11.1 Å². The third-order valence-electron chi connectivity index (χ3n) is 5.41. The molecular formula is C23H21NO3. The van der Waals surface area contributed by atoms with Gasteiger partial charge in [0.1, 0.15) is 23.9 Å². The maximum absolute atomic E-state index is 10.1. The quantitative estimate of drug-likeness (QED) is 0.707. The SMILES string of the molecule is Oc1ccc2c(c1)[C@H](c1ccc3c(c1)NCCO3)[C@@H](c1ccccc1)CO2. The molecule has 0 spiro atoms. The van der Waals surface area contributed by atoms with Crippen LogP contribution in [0.4, 0.5) is 5.69 Å². The van der Waals surface area contributed by atoms with Gasteiger partial charge in [0.2, 0.25) is 0 Å². The molecule has 0 aromatic heterocycles. The number of anilines is 1. The highest BCUT2D eigenvalue weighted by molar-refractivity contribution is 5.62. The molecule has 27 heavy (non-hydrogen) atoms. The lowest BCUT2D eigenvalue weighted by Gasteiger charge is -2.35. The second kappa shape index (κ2) is 6.54. The van der Waals surface area contributed by atoms with Gasteiger partial charge < -0.3 is 19.9 Å². The van der Waals surface area contributed by atoms with Crippen LogP contribution in [0.15, 0.2) is 66.7 Å². The van der Waals surface area contributed by atoms with Gasteiger partial charge in [-0.05, 0) is 41.5 Å². The average Bonchev–Trinajstić information content (AvgIpc) is 2.73. The molecule has 0 radical (unpaired) electrons. The molecule has 3 aromatic carbocycles. The smallest absolute Gasteiger partial charge is 0.142 e. The maximum Gasteiger partial charge on any atom is 0.142 e. The molecule has 0 unspecified atom stereocenters. The Bertz CT molecular complexity index is 971. The fourth-order valence-electron chi connectivity index (χ4n) is 4.16. The van der Waals surface area contributed by atoms with Crippen molar-refractivity contribution in [1.29, 1.82) is 0 Å². The lowest BCUT2D eigenvalue weighted by molar-refractivity contribution is 0.248. The molecule has 2 atom stereocenters. The van der Waals surface area contributed by atoms with Crippen LogP contribution in [0.3, 0.4) is 0 Å². The van der Waals surface area contributed by atoms with E-state index in [2.05, 4.69) is 41.7 Å². The summed E-state index contributed by atoms with van der Waals surface area (Å²) in [7, 11) is 0. The normalized spacial score (nSPS) is 20.4.